The maximum atomic E-state index is 4.44. The molecule has 0 unspecified atom stereocenters. The summed E-state index contributed by atoms with van der Waals surface area (Å²) in [6.07, 6.45) is 4.79. The number of hydrogen-bond donors (Lipinski definition) is 2. The van der Waals surface area contributed by atoms with Crippen molar-refractivity contribution < 1.29 is 0 Å². The van der Waals surface area contributed by atoms with Crippen LogP contribution in [0.1, 0.15) is 45.1 Å². The van der Waals surface area contributed by atoms with E-state index in [-0.39, 0.29) is 29.4 Å². The zero-order chi connectivity index (χ0) is 18.1. The van der Waals surface area contributed by atoms with Crippen molar-refractivity contribution in [2.45, 2.75) is 44.9 Å². The highest BCUT2D eigenvalue weighted by atomic mass is 127. The summed E-state index contributed by atoms with van der Waals surface area (Å²) in [5.41, 5.74) is 1.57. The van der Waals surface area contributed by atoms with Gasteiger partial charge in [0.2, 0.25) is 0 Å². The van der Waals surface area contributed by atoms with E-state index in [0.717, 1.165) is 37.8 Å². The molecule has 2 rings (SSSR count). The van der Waals surface area contributed by atoms with E-state index in [2.05, 4.69) is 71.8 Å². The second-order valence-electron chi connectivity index (χ2n) is 7.41. The van der Waals surface area contributed by atoms with Crippen LogP contribution in [-0.2, 0) is 5.41 Å². The summed E-state index contributed by atoms with van der Waals surface area (Å²) in [7, 11) is 4.08. The van der Waals surface area contributed by atoms with E-state index in [1.807, 2.05) is 7.05 Å². The summed E-state index contributed by atoms with van der Waals surface area (Å²) in [5.74, 6) is 1.69. The predicted octanol–water partition coefficient (Wildman–Crippen LogP) is 3.87. The zero-order valence-corrected chi connectivity index (χ0v) is 19.3. The average Bonchev–Trinajstić information content (AvgIpc) is 2.67. The van der Waals surface area contributed by atoms with Gasteiger partial charge in [0.25, 0.3) is 0 Å². The number of benzene rings is 1. The van der Waals surface area contributed by atoms with E-state index >= 15 is 0 Å². The molecule has 26 heavy (non-hydrogen) atoms. The lowest BCUT2D eigenvalue weighted by atomic mass is 9.76. The highest BCUT2D eigenvalue weighted by Crippen LogP contribution is 2.30. The van der Waals surface area contributed by atoms with Crippen LogP contribution in [-0.4, -0.2) is 51.1 Å². The SMILES string of the molecule is CCC(CC)(CNC(=NC)NCC1CCN(C)CC1)c1ccccc1.I. The molecular formula is C21H37IN4. The quantitative estimate of drug-likeness (QED) is 0.360. The molecule has 1 fully saturated rings. The van der Waals surface area contributed by atoms with E-state index < -0.39 is 0 Å². The van der Waals surface area contributed by atoms with E-state index in [1.54, 1.807) is 0 Å². The molecule has 4 nitrogen and oxygen atoms in total. The van der Waals surface area contributed by atoms with Crippen LogP contribution in [0.25, 0.3) is 0 Å². The maximum absolute atomic E-state index is 4.44. The van der Waals surface area contributed by atoms with Gasteiger partial charge in [-0.2, -0.15) is 0 Å². The highest BCUT2D eigenvalue weighted by molar-refractivity contribution is 14.0. The van der Waals surface area contributed by atoms with Gasteiger partial charge in [-0.05, 0) is 57.3 Å². The Hall–Kier alpha value is -0.820. The third-order valence-electron chi connectivity index (χ3n) is 5.95. The number of aliphatic imine (C=N–C) groups is 1. The van der Waals surface area contributed by atoms with Gasteiger partial charge in [-0.25, -0.2) is 0 Å². The first-order chi connectivity index (χ1) is 12.1. The fraction of sp³-hybridized carbons (Fsp3) is 0.667. The Labute approximate surface area is 177 Å². The van der Waals surface area contributed by atoms with Crippen molar-refractivity contribution in [1.29, 1.82) is 0 Å². The third-order valence-corrected chi connectivity index (χ3v) is 5.95. The van der Waals surface area contributed by atoms with Gasteiger partial charge >= 0.3 is 0 Å². The molecule has 1 aromatic rings. The average molecular weight is 472 g/mol. The number of guanidine groups is 1. The van der Waals surface area contributed by atoms with Crippen molar-refractivity contribution in [2.75, 3.05) is 40.3 Å². The first-order valence-electron chi connectivity index (χ1n) is 9.82. The number of hydrogen-bond acceptors (Lipinski definition) is 2. The summed E-state index contributed by atoms with van der Waals surface area (Å²) in [6.45, 7) is 8.92. The van der Waals surface area contributed by atoms with Crippen molar-refractivity contribution in [1.82, 2.24) is 15.5 Å². The molecule has 0 radical (unpaired) electrons. The smallest absolute Gasteiger partial charge is 0.191 e. The molecule has 2 N–H and O–H groups in total. The van der Waals surface area contributed by atoms with Crippen LogP contribution in [0.4, 0.5) is 0 Å². The number of nitrogens with zero attached hydrogens (tertiary/aromatic N) is 2. The molecule has 1 aliphatic rings. The predicted molar refractivity (Wildman–Crippen MR) is 124 cm³/mol. The summed E-state index contributed by atoms with van der Waals surface area (Å²) < 4.78 is 0. The summed E-state index contributed by atoms with van der Waals surface area (Å²) in [5, 5.41) is 7.13. The first-order valence-corrected chi connectivity index (χ1v) is 9.82. The van der Waals surface area contributed by atoms with Crippen molar-refractivity contribution in [2.24, 2.45) is 10.9 Å². The molecule has 5 heteroatoms. The molecule has 0 bridgehead atoms. The maximum Gasteiger partial charge on any atom is 0.191 e. The normalized spacial score (nSPS) is 16.8. The van der Waals surface area contributed by atoms with Crippen LogP contribution in [0.15, 0.2) is 35.3 Å². The minimum absolute atomic E-state index is 0. The minimum Gasteiger partial charge on any atom is -0.356 e. The number of halogens is 1. The van der Waals surface area contributed by atoms with Gasteiger partial charge in [-0.3, -0.25) is 4.99 Å². The molecule has 0 amide bonds. The third kappa shape index (κ3) is 6.41. The Morgan fingerprint density at radius 1 is 1.12 bits per heavy atom. The van der Waals surface area contributed by atoms with E-state index in [1.165, 1.54) is 31.5 Å². The summed E-state index contributed by atoms with van der Waals surface area (Å²) >= 11 is 0. The Bertz CT molecular complexity index is 520. The number of rotatable bonds is 7. The van der Waals surface area contributed by atoms with E-state index in [0.29, 0.717) is 0 Å². The molecule has 1 aromatic carbocycles. The van der Waals surface area contributed by atoms with Crippen molar-refractivity contribution >= 4 is 29.9 Å². The van der Waals surface area contributed by atoms with Crippen LogP contribution < -0.4 is 10.6 Å². The van der Waals surface area contributed by atoms with Gasteiger partial charge in [0, 0.05) is 25.6 Å². The summed E-state index contributed by atoms with van der Waals surface area (Å²) in [4.78, 5) is 6.85. The molecule has 1 heterocycles. The number of likely N-dealkylation sites (tertiary alicyclic amines) is 1. The van der Waals surface area contributed by atoms with Crippen molar-refractivity contribution in [3.63, 3.8) is 0 Å². The van der Waals surface area contributed by atoms with Gasteiger partial charge in [0.1, 0.15) is 0 Å². The molecule has 0 aromatic heterocycles. The van der Waals surface area contributed by atoms with Gasteiger partial charge in [0.15, 0.2) is 5.96 Å². The Balaban J connectivity index is 0.00000338. The monoisotopic (exact) mass is 472 g/mol. The lowest BCUT2D eigenvalue weighted by molar-refractivity contribution is 0.220. The minimum atomic E-state index is 0. The molecule has 0 spiro atoms. The van der Waals surface area contributed by atoms with E-state index in [4.69, 9.17) is 0 Å². The lowest BCUT2D eigenvalue weighted by Crippen LogP contribution is -2.47. The molecule has 0 aliphatic carbocycles. The molecular weight excluding hydrogens is 435 g/mol. The Morgan fingerprint density at radius 3 is 2.27 bits per heavy atom. The van der Waals surface area contributed by atoms with Crippen LogP contribution in [0, 0.1) is 5.92 Å². The van der Waals surface area contributed by atoms with Crippen LogP contribution in [0.5, 0.6) is 0 Å². The molecule has 148 valence electrons. The van der Waals surface area contributed by atoms with E-state index in [9.17, 15) is 0 Å². The van der Waals surface area contributed by atoms with Crippen molar-refractivity contribution in [3.8, 4) is 0 Å². The van der Waals surface area contributed by atoms with Gasteiger partial charge in [-0.1, -0.05) is 44.2 Å². The van der Waals surface area contributed by atoms with Crippen LogP contribution >= 0.6 is 24.0 Å². The largest absolute Gasteiger partial charge is 0.356 e. The molecule has 0 saturated carbocycles. The van der Waals surface area contributed by atoms with Gasteiger partial charge in [-0.15, -0.1) is 24.0 Å². The van der Waals surface area contributed by atoms with Crippen molar-refractivity contribution in [3.05, 3.63) is 35.9 Å². The van der Waals surface area contributed by atoms with Gasteiger partial charge in [0.05, 0.1) is 0 Å². The second-order valence-corrected chi connectivity index (χ2v) is 7.41. The molecule has 0 atom stereocenters. The highest BCUT2D eigenvalue weighted by Gasteiger charge is 2.28. The Kier molecular flexibility index (Phi) is 10.5. The Morgan fingerprint density at radius 2 is 1.73 bits per heavy atom. The summed E-state index contributed by atoms with van der Waals surface area (Å²) in [6, 6.07) is 10.9. The second kappa shape index (κ2) is 11.8. The molecule has 1 aliphatic heterocycles. The fourth-order valence-electron chi connectivity index (χ4n) is 3.78. The van der Waals surface area contributed by atoms with Crippen LogP contribution in [0.2, 0.25) is 0 Å². The zero-order valence-electron chi connectivity index (χ0n) is 16.9. The first kappa shape index (κ1) is 23.2. The van der Waals surface area contributed by atoms with Crippen LogP contribution in [0.3, 0.4) is 0 Å². The topological polar surface area (TPSA) is 39.7 Å². The van der Waals surface area contributed by atoms with Gasteiger partial charge < -0.3 is 15.5 Å². The number of nitrogens with one attached hydrogen (secondary N) is 2. The molecule has 1 saturated heterocycles. The lowest BCUT2D eigenvalue weighted by Gasteiger charge is -2.34. The fourth-order valence-corrected chi connectivity index (χ4v) is 3.78. The standard InChI is InChI=1S/C21H36N4.HI/c1-5-21(6-2,19-10-8-7-9-11-19)17-24-20(22-3)23-16-18-12-14-25(4)15-13-18;/h7-11,18H,5-6,12-17H2,1-4H3,(H2,22,23,24);1H. The number of piperidine rings is 1.